The van der Waals surface area contributed by atoms with Crippen LogP contribution in [0.15, 0.2) is 55.0 Å². The number of nitrogens with one attached hydrogen (secondary N) is 2. The summed E-state index contributed by atoms with van der Waals surface area (Å²) in [7, 11) is 0. The Bertz CT molecular complexity index is 862. The van der Waals surface area contributed by atoms with Crippen molar-refractivity contribution in [3.8, 4) is 0 Å². The number of aliphatic hydroxyl groups excluding tert-OH is 1. The maximum atomic E-state index is 12.9. The van der Waals surface area contributed by atoms with Gasteiger partial charge in [-0.2, -0.15) is 0 Å². The molecule has 25 heavy (non-hydrogen) atoms. The molecule has 0 aliphatic carbocycles. The topological polar surface area (TPSA) is 91.5 Å². The maximum Gasteiger partial charge on any atom is 0.272 e. The number of hydrogen-bond donors (Lipinski definition) is 3. The third-order valence-electron chi connectivity index (χ3n) is 4.70. The molecule has 1 saturated heterocycles. The molecule has 128 valence electrons. The number of aliphatic hydroxyl groups is 1. The van der Waals surface area contributed by atoms with Crippen molar-refractivity contribution < 1.29 is 9.90 Å². The van der Waals surface area contributed by atoms with Gasteiger partial charge in [-0.05, 0) is 24.6 Å². The number of benzene rings is 1. The number of piperidine rings is 1. The van der Waals surface area contributed by atoms with Crippen LogP contribution in [0, 0.1) is 0 Å². The van der Waals surface area contributed by atoms with E-state index in [0.29, 0.717) is 25.3 Å². The smallest absolute Gasteiger partial charge is 0.272 e. The van der Waals surface area contributed by atoms with E-state index in [1.807, 2.05) is 30.3 Å². The van der Waals surface area contributed by atoms with Crippen molar-refractivity contribution in [2.45, 2.75) is 18.1 Å². The molecule has 3 heterocycles. The van der Waals surface area contributed by atoms with E-state index in [2.05, 4.69) is 20.6 Å². The van der Waals surface area contributed by atoms with Gasteiger partial charge in [0, 0.05) is 25.1 Å². The highest BCUT2D eigenvalue weighted by Gasteiger charge is 2.43. The SMILES string of the molecule is O=C(N[C@]1(c2ccccc2)CCNC[C@H]1O)c1cn2cccnc2n1. The summed E-state index contributed by atoms with van der Waals surface area (Å²) in [5.41, 5.74) is 0.325. The molecule has 7 nitrogen and oxygen atoms in total. The number of aromatic nitrogens is 3. The highest BCUT2D eigenvalue weighted by molar-refractivity contribution is 5.93. The second-order valence-electron chi connectivity index (χ2n) is 6.21. The molecule has 0 unspecified atom stereocenters. The second kappa shape index (κ2) is 6.27. The van der Waals surface area contributed by atoms with Crippen molar-refractivity contribution in [2.24, 2.45) is 0 Å². The average Bonchev–Trinajstić information content (AvgIpc) is 3.09. The molecular formula is C18H19N5O2. The van der Waals surface area contributed by atoms with Gasteiger partial charge in [-0.25, -0.2) is 9.97 Å². The van der Waals surface area contributed by atoms with Crippen LogP contribution in [0.25, 0.3) is 5.78 Å². The van der Waals surface area contributed by atoms with Crippen molar-refractivity contribution in [1.82, 2.24) is 25.0 Å². The van der Waals surface area contributed by atoms with E-state index in [1.165, 1.54) is 0 Å². The zero-order valence-corrected chi connectivity index (χ0v) is 13.6. The number of β-amino-alcohol motifs (C(OH)–C–C–N with tert-alkyl or cyclic N) is 1. The van der Waals surface area contributed by atoms with Gasteiger partial charge in [-0.15, -0.1) is 0 Å². The molecule has 2 aromatic heterocycles. The molecule has 4 rings (SSSR count). The van der Waals surface area contributed by atoms with Gasteiger partial charge < -0.3 is 15.7 Å². The lowest BCUT2D eigenvalue weighted by Crippen LogP contribution is -2.61. The van der Waals surface area contributed by atoms with Crippen molar-refractivity contribution in [3.63, 3.8) is 0 Å². The Morgan fingerprint density at radius 1 is 1.32 bits per heavy atom. The first-order valence-electron chi connectivity index (χ1n) is 8.25. The molecular weight excluding hydrogens is 318 g/mol. The Kier molecular flexibility index (Phi) is 3.95. The molecule has 3 aromatic rings. The van der Waals surface area contributed by atoms with E-state index in [-0.39, 0.29) is 11.6 Å². The van der Waals surface area contributed by atoms with E-state index >= 15 is 0 Å². The van der Waals surface area contributed by atoms with E-state index in [0.717, 1.165) is 5.56 Å². The standard InChI is InChI=1S/C18H19N5O2/c24-15-11-19-9-7-18(15,13-5-2-1-3-6-13)22-16(25)14-12-23-10-4-8-20-17(23)21-14/h1-6,8,10,12,15,19,24H,7,9,11H2,(H,22,25)/t15-,18+/m1/s1. The van der Waals surface area contributed by atoms with Crippen LogP contribution >= 0.6 is 0 Å². The molecule has 0 saturated carbocycles. The van der Waals surface area contributed by atoms with Crippen LogP contribution in [0.3, 0.4) is 0 Å². The lowest BCUT2D eigenvalue weighted by molar-refractivity contribution is 0.0288. The third kappa shape index (κ3) is 2.77. The Hall–Kier alpha value is -2.77. The van der Waals surface area contributed by atoms with Gasteiger partial charge in [-0.3, -0.25) is 9.20 Å². The van der Waals surface area contributed by atoms with E-state index in [1.54, 1.807) is 29.1 Å². The molecule has 1 aromatic carbocycles. The molecule has 3 N–H and O–H groups in total. The lowest BCUT2D eigenvalue weighted by Gasteiger charge is -2.42. The first kappa shape index (κ1) is 15.7. The fourth-order valence-corrected chi connectivity index (χ4v) is 3.36. The zero-order valence-electron chi connectivity index (χ0n) is 13.6. The van der Waals surface area contributed by atoms with E-state index in [9.17, 15) is 9.90 Å². The van der Waals surface area contributed by atoms with Gasteiger partial charge in [0.2, 0.25) is 5.78 Å². The van der Waals surface area contributed by atoms with Crippen LogP contribution < -0.4 is 10.6 Å². The van der Waals surface area contributed by atoms with Gasteiger partial charge in [0.1, 0.15) is 5.69 Å². The molecule has 0 bridgehead atoms. The number of fused-ring (bicyclic) bond motifs is 1. The Morgan fingerprint density at radius 2 is 2.16 bits per heavy atom. The number of nitrogens with zero attached hydrogens (tertiary/aromatic N) is 3. The molecule has 0 radical (unpaired) electrons. The Labute approximate surface area is 144 Å². The molecule has 1 fully saturated rings. The molecule has 1 aliphatic heterocycles. The molecule has 1 aliphatic rings. The van der Waals surface area contributed by atoms with Crippen molar-refractivity contribution in [2.75, 3.05) is 13.1 Å². The first-order chi connectivity index (χ1) is 12.2. The highest BCUT2D eigenvalue weighted by atomic mass is 16.3. The van der Waals surface area contributed by atoms with Gasteiger partial charge in [-0.1, -0.05) is 30.3 Å². The number of carbonyl (C=O) groups excluding carboxylic acids is 1. The third-order valence-corrected chi connectivity index (χ3v) is 4.70. The number of carbonyl (C=O) groups is 1. The van der Waals surface area contributed by atoms with E-state index in [4.69, 9.17) is 0 Å². The van der Waals surface area contributed by atoms with Gasteiger partial charge >= 0.3 is 0 Å². The fourth-order valence-electron chi connectivity index (χ4n) is 3.36. The molecule has 1 amide bonds. The summed E-state index contributed by atoms with van der Waals surface area (Å²) in [6.45, 7) is 1.13. The van der Waals surface area contributed by atoms with Crippen molar-refractivity contribution in [1.29, 1.82) is 0 Å². The summed E-state index contributed by atoms with van der Waals surface area (Å²) in [5.74, 6) is 0.141. The number of imidazole rings is 1. The summed E-state index contributed by atoms with van der Waals surface area (Å²) in [4.78, 5) is 21.3. The number of hydrogen-bond acceptors (Lipinski definition) is 5. The normalized spacial score (nSPS) is 23.5. The maximum absolute atomic E-state index is 12.9. The molecule has 7 heteroatoms. The van der Waals surface area contributed by atoms with Crippen molar-refractivity contribution >= 4 is 11.7 Å². The zero-order chi connectivity index (χ0) is 17.3. The minimum atomic E-state index is -0.840. The van der Waals surface area contributed by atoms with Gasteiger partial charge in [0.15, 0.2) is 0 Å². The van der Waals surface area contributed by atoms with Crippen LogP contribution in [-0.2, 0) is 5.54 Å². The minimum absolute atomic E-state index is 0.278. The van der Waals surface area contributed by atoms with Gasteiger partial charge in [0.05, 0.1) is 11.6 Å². The summed E-state index contributed by atoms with van der Waals surface area (Å²) < 4.78 is 1.70. The first-order valence-corrected chi connectivity index (χ1v) is 8.25. The highest BCUT2D eigenvalue weighted by Crippen LogP contribution is 2.31. The Morgan fingerprint density at radius 3 is 2.92 bits per heavy atom. The van der Waals surface area contributed by atoms with Crippen LogP contribution in [0.2, 0.25) is 0 Å². The van der Waals surface area contributed by atoms with Crippen molar-refractivity contribution in [3.05, 3.63) is 66.2 Å². The largest absolute Gasteiger partial charge is 0.389 e. The minimum Gasteiger partial charge on any atom is -0.389 e. The second-order valence-corrected chi connectivity index (χ2v) is 6.21. The van der Waals surface area contributed by atoms with E-state index < -0.39 is 11.6 Å². The van der Waals surface area contributed by atoms with Crippen LogP contribution in [-0.4, -0.2) is 44.6 Å². The summed E-state index contributed by atoms with van der Waals surface area (Å²) in [6, 6.07) is 11.4. The van der Waals surface area contributed by atoms with Crippen LogP contribution in [0.5, 0.6) is 0 Å². The lowest BCUT2D eigenvalue weighted by atomic mass is 9.79. The number of amides is 1. The van der Waals surface area contributed by atoms with Crippen LogP contribution in [0.1, 0.15) is 22.5 Å². The van der Waals surface area contributed by atoms with Gasteiger partial charge in [0.25, 0.3) is 5.91 Å². The summed E-state index contributed by atoms with van der Waals surface area (Å²) >= 11 is 0. The monoisotopic (exact) mass is 337 g/mol. The predicted molar refractivity (Wildman–Crippen MR) is 92.1 cm³/mol. The van der Waals surface area contributed by atoms with Crippen LogP contribution in [0.4, 0.5) is 0 Å². The summed E-state index contributed by atoms with van der Waals surface area (Å²) in [6.07, 6.45) is 4.92. The quantitative estimate of drug-likeness (QED) is 0.655. The predicted octanol–water partition coefficient (Wildman–Crippen LogP) is 0.709. The average molecular weight is 337 g/mol. The fraction of sp³-hybridized carbons (Fsp3) is 0.278. The Balaban J connectivity index is 1.70. The molecule has 2 atom stereocenters. The summed E-state index contributed by atoms with van der Waals surface area (Å²) in [5, 5.41) is 16.9. The molecule has 0 spiro atoms. The number of rotatable bonds is 3.